The Balaban J connectivity index is 1.90. The van der Waals surface area contributed by atoms with Crippen LogP contribution in [0.3, 0.4) is 0 Å². The summed E-state index contributed by atoms with van der Waals surface area (Å²) in [5, 5.41) is 0. The van der Waals surface area contributed by atoms with Gasteiger partial charge in [-0.1, -0.05) is 25.0 Å². The van der Waals surface area contributed by atoms with E-state index in [1.54, 1.807) is 6.07 Å². The molecule has 2 aliphatic carbocycles. The molecule has 1 aromatic rings. The third-order valence-corrected chi connectivity index (χ3v) is 5.21. The summed E-state index contributed by atoms with van der Waals surface area (Å²) >= 11 is 3.26. The van der Waals surface area contributed by atoms with Crippen molar-refractivity contribution < 1.29 is 4.39 Å². The molecule has 2 atom stereocenters. The molecule has 0 radical (unpaired) electrons. The second-order valence-electron chi connectivity index (χ2n) is 5.95. The molecule has 2 unspecified atom stereocenters. The summed E-state index contributed by atoms with van der Waals surface area (Å²) in [5.41, 5.74) is 6.78. The fourth-order valence-electron chi connectivity index (χ4n) is 3.45. The molecule has 0 amide bonds. The van der Waals surface area contributed by atoms with Crippen molar-refractivity contribution >= 4 is 15.9 Å². The van der Waals surface area contributed by atoms with Gasteiger partial charge in [-0.05, 0) is 59.5 Å². The van der Waals surface area contributed by atoms with Crippen molar-refractivity contribution in [3.8, 4) is 0 Å². The molecule has 0 saturated heterocycles. The molecule has 0 spiro atoms. The van der Waals surface area contributed by atoms with E-state index in [1.165, 1.54) is 19.3 Å². The molecular weight excluding hydrogens is 293 g/mol. The Bertz CT molecular complexity index is 458. The van der Waals surface area contributed by atoms with Gasteiger partial charge < -0.3 is 5.73 Å². The van der Waals surface area contributed by atoms with E-state index in [-0.39, 0.29) is 5.82 Å². The number of halogens is 2. The Hall–Kier alpha value is -0.410. The summed E-state index contributed by atoms with van der Waals surface area (Å²) < 4.78 is 14.8. The lowest BCUT2D eigenvalue weighted by molar-refractivity contribution is 0.202. The maximum atomic E-state index is 14.2. The second-order valence-corrected chi connectivity index (χ2v) is 6.81. The Morgan fingerprint density at radius 1 is 1.22 bits per heavy atom. The van der Waals surface area contributed by atoms with Gasteiger partial charge in [0.15, 0.2) is 0 Å². The van der Waals surface area contributed by atoms with Gasteiger partial charge in [0.1, 0.15) is 5.82 Å². The Morgan fingerprint density at radius 2 is 2.00 bits per heavy atom. The van der Waals surface area contributed by atoms with Crippen LogP contribution in [-0.2, 0) is 5.54 Å². The monoisotopic (exact) mass is 311 g/mol. The molecule has 2 fully saturated rings. The van der Waals surface area contributed by atoms with E-state index in [2.05, 4.69) is 15.9 Å². The van der Waals surface area contributed by atoms with Crippen molar-refractivity contribution in [2.75, 3.05) is 0 Å². The molecule has 2 N–H and O–H groups in total. The normalized spacial score (nSPS) is 32.5. The van der Waals surface area contributed by atoms with Crippen LogP contribution in [0.2, 0.25) is 0 Å². The van der Waals surface area contributed by atoms with E-state index in [1.807, 2.05) is 12.1 Å². The minimum Gasteiger partial charge on any atom is -0.321 e. The fourth-order valence-corrected chi connectivity index (χ4v) is 3.82. The van der Waals surface area contributed by atoms with Crippen LogP contribution in [0, 0.1) is 17.7 Å². The number of benzene rings is 1. The largest absolute Gasteiger partial charge is 0.321 e. The molecule has 1 nitrogen and oxygen atoms in total. The first-order valence-corrected chi connectivity index (χ1v) is 7.63. The lowest BCUT2D eigenvalue weighted by Crippen LogP contribution is -2.42. The topological polar surface area (TPSA) is 26.0 Å². The zero-order chi connectivity index (χ0) is 12.8. The van der Waals surface area contributed by atoms with E-state index in [4.69, 9.17) is 5.73 Å². The van der Waals surface area contributed by atoms with E-state index in [0.29, 0.717) is 16.0 Å². The van der Waals surface area contributed by atoms with Crippen molar-refractivity contribution in [3.63, 3.8) is 0 Å². The standard InChI is InChI=1S/C15H19BrFN/c16-13-5-1-4-12(14(13)17)15(18)8-2-3-11(9-15)10-6-7-10/h1,4-5,10-11H,2-3,6-9,18H2. The van der Waals surface area contributed by atoms with Gasteiger partial charge >= 0.3 is 0 Å². The number of rotatable bonds is 2. The highest BCUT2D eigenvalue weighted by Gasteiger charge is 2.41. The van der Waals surface area contributed by atoms with Crippen molar-refractivity contribution in [2.45, 2.75) is 44.1 Å². The second kappa shape index (κ2) is 4.61. The van der Waals surface area contributed by atoms with Crippen LogP contribution in [-0.4, -0.2) is 0 Å². The summed E-state index contributed by atoms with van der Waals surface area (Å²) in [6.45, 7) is 0. The molecule has 2 saturated carbocycles. The Kier molecular flexibility index (Phi) is 3.23. The zero-order valence-electron chi connectivity index (χ0n) is 10.5. The van der Waals surface area contributed by atoms with Crippen LogP contribution in [0.15, 0.2) is 22.7 Å². The van der Waals surface area contributed by atoms with Gasteiger partial charge in [0, 0.05) is 11.1 Å². The molecule has 0 aromatic heterocycles. The van der Waals surface area contributed by atoms with E-state index in [0.717, 1.165) is 25.2 Å². The molecule has 18 heavy (non-hydrogen) atoms. The average Bonchev–Trinajstić information content (AvgIpc) is 3.16. The highest BCUT2D eigenvalue weighted by Crippen LogP contribution is 2.49. The van der Waals surface area contributed by atoms with Gasteiger partial charge in [-0.15, -0.1) is 0 Å². The van der Waals surface area contributed by atoms with Gasteiger partial charge in [-0.3, -0.25) is 0 Å². The molecule has 98 valence electrons. The highest BCUT2D eigenvalue weighted by molar-refractivity contribution is 9.10. The molecular formula is C15H19BrFN. The van der Waals surface area contributed by atoms with Crippen LogP contribution in [0.5, 0.6) is 0 Å². The quantitative estimate of drug-likeness (QED) is 0.863. The summed E-state index contributed by atoms with van der Waals surface area (Å²) in [5.74, 6) is 1.40. The number of hydrogen-bond acceptors (Lipinski definition) is 1. The van der Waals surface area contributed by atoms with Crippen LogP contribution in [0.4, 0.5) is 4.39 Å². The van der Waals surface area contributed by atoms with Crippen molar-refractivity contribution in [3.05, 3.63) is 34.1 Å². The SMILES string of the molecule is NC1(c2cccc(Br)c2F)CCCC(C2CC2)C1. The van der Waals surface area contributed by atoms with Gasteiger partial charge in [-0.2, -0.15) is 0 Å². The average molecular weight is 312 g/mol. The maximum Gasteiger partial charge on any atom is 0.142 e. The van der Waals surface area contributed by atoms with Crippen LogP contribution < -0.4 is 5.73 Å². The van der Waals surface area contributed by atoms with Gasteiger partial charge in [0.2, 0.25) is 0 Å². The lowest BCUT2D eigenvalue weighted by atomic mass is 9.71. The van der Waals surface area contributed by atoms with Crippen LogP contribution in [0.1, 0.15) is 44.1 Å². The first kappa shape index (κ1) is 12.6. The third kappa shape index (κ3) is 2.23. The summed E-state index contributed by atoms with van der Waals surface area (Å²) in [7, 11) is 0. The van der Waals surface area contributed by atoms with Crippen molar-refractivity contribution in [1.82, 2.24) is 0 Å². The van der Waals surface area contributed by atoms with Gasteiger partial charge in [0.05, 0.1) is 4.47 Å². The van der Waals surface area contributed by atoms with Crippen molar-refractivity contribution in [1.29, 1.82) is 0 Å². The van der Waals surface area contributed by atoms with Crippen molar-refractivity contribution in [2.24, 2.45) is 17.6 Å². The van der Waals surface area contributed by atoms with E-state index in [9.17, 15) is 4.39 Å². The lowest BCUT2D eigenvalue weighted by Gasteiger charge is -2.39. The summed E-state index contributed by atoms with van der Waals surface area (Å²) in [6.07, 6.45) is 6.96. The smallest absolute Gasteiger partial charge is 0.142 e. The first-order valence-electron chi connectivity index (χ1n) is 6.83. The molecule has 3 rings (SSSR count). The van der Waals surface area contributed by atoms with E-state index < -0.39 is 5.54 Å². The molecule has 0 bridgehead atoms. The third-order valence-electron chi connectivity index (χ3n) is 4.60. The molecule has 1 aromatic carbocycles. The van der Waals surface area contributed by atoms with Gasteiger partial charge in [-0.25, -0.2) is 4.39 Å². The maximum absolute atomic E-state index is 14.2. The minimum absolute atomic E-state index is 0.170. The molecule has 3 heteroatoms. The Morgan fingerprint density at radius 3 is 2.72 bits per heavy atom. The molecule has 0 aliphatic heterocycles. The van der Waals surface area contributed by atoms with Crippen LogP contribution in [0.25, 0.3) is 0 Å². The fraction of sp³-hybridized carbons (Fsp3) is 0.600. The summed E-state index contributed by atoms with van der Waals surface area (Å²) in [4.78, 5) is 0. The predicted octanol–water partition coefficient (Wildman–Crippen LogP) is 4.34. The number of hydrogen-bond donors (Lipinski definition) is 1. The Labute approximate surface area is 116 Å². The summed E-state index contributed by atoms with van der Waals surface area (Å²) in [6, 6.07) is 5.48. The molecule has 0 heterocycles. The highest BCUT2D eigenvalue weighted by atomic mass is 79.9. The predicted molar refractivity (Wildman–Crippen MR) is 74.6 cm³/mol. The zero-order valence-corrected chi connectivity index (χ0v) is 12.0. The first-order chi connectivity index (χ1) is 8.60. The van der Waals surface area contributed by atoms with E-state index >= 15 is 0 Å². The molecule has 2 aliphatic rings. The van der Waals surface area contributed by atoms with Crippen LogP contribution >= 0.6 is 15.9 Å². The minimum atomic E-state index is -0.459. The van der Waals surface area contributed by atoms with Gasteiger partial charge in [0.25, 0.3) is 0 Å². The number of nitrogens with two attached hydrogens (primary N) is 1.